The average Bonchev–Trinajstić information content (AvgIpc) is 2.66. The van der Waals surface area contributed by atoms with Gasteiger partial charge in [0.2, 0.25) is 0 Å². The van der Waals surface area contributed by atoms with Gasteiger partial charge in [0.15, 0.2) is 0 Å². The molecule has 1 aromatic heterocycles. The predicted octanol–water partition coefficient (Wildman–Crippen LogP) is 1.30. The lowest BCUT2D eigenvalue weighted by atomic mass is 9.75. The van der Waals surface area contributed by atoms with Crippen molar-refractivity contribution in [3.8, 4) is 0 Å². The molecule has 1 aliphatic rings. The lowest BCUT2D eigenvalue weighted by molar-refractivity contribution is 0.175. The molecule has 0 unspecified atom stereocenters. The summed E-state index contributed by atoms with van der Waals surface area (Å²) < 4.78 is 1.79. The van der Waals surface area contributed by atoms with Gasteiger partial charge in [-0.25, -0.2) is 0 Å². The van der Waals surface area contributed by atoms with Crippen LogP contribution in [0, 0.1) is 0 Å². The average molecular weight is 223 g/mol. The van der Waals surface area contributed by atoms with Crippen LogP contribution in [-0.4, -0.2) is 27.0 Å². The van der Waals surface area contributed by atoms with E-state index in [1.165, 1.54) is 31.2 Å². The highest BCUT2D eigenvalue weighted by molar-refractivity contribution is 5.06. The van der Waals surface area contributed by atoms with Crippen LogP contribution in [0.5, 0.6) is 0 Å². The van der Waals surface area contributed by atoms with Crippen molar-refractivity contribution in [1.29, 1.82) is 0 Å². The molecule has 0 bridgehead atoms. The molecule has 1 saturated carbocycles. The normalized spacial score (nSPS) is 18.4. The molecular formula is C12H21N3O. The largest absolute Gasteiger partial charge is 0.394 e. The molecule has 2 N–H and O–H groups in total. The summed E-state index contributed by atoms with van der Waals surface area (Å²) in [6, 6.07) is 0. The first-order valence-corrected chi connectivity index (χ1v) is 6.15. The van der Waals surface area contributed by atoms with E-state index < -0.39 is 0 Å². The van der Waals surface area contributed by atoms with Crippen LogP contribution in [0.4, 0.5) is 0 Å². The zero-order valence-corrected chi connectivity index (χ0v) is 9.95. The molecule has 0 saturated heterocycles. The van der Waals surface area contributed by atoms with Gasteiger partial charge in [0.1, 0.15) is 0 Å². The Labute approximate surface area is 96.7 Å². The van der Waals surface area contributed by atoms with Gasteiger partial charge >= 0.3 is 0 Å². The first-order valence-electron chi connectivity index (χ1n) is 6.15. The molecule has 0 radical (unpaired) electrons. The number of aromatic nitrogens is 2. The number of aliphatic hydroxyl groups is 1. The van der Waals surface area contributed by atoms with Gasteiger partial charge in [-0.3, -0.25) is 4.68 Å². The Morgan fingerprint density at radius 2 is 2.38 bits per heavy atom. The molecule has 1 fully saturated rings. The third-order valence-corrected chi connectivity index (χ3v) is 3.67. The Hall–Kier alpha value is -0.870. The first kappa shape index (κ1) is 11.6. The van der Waals surface area contributed by atoms with Crippen LogP contribution in [0.25, 0.3) is 0 Å². The summed E-state index contributed by atoms with van der Waals surface area (Å²) >= 11 is 0. The van der Waals surface area contributed by atoms with Gasteiger partial charge in [-0.05, 0) is 25.7 Å². The van der Waals surface area contributed by atoms with Gasteiger partial charge in [0.25, 0.3) is 0 Å². The quantitative estimate of drug-likeness (QED) is 0.764. The summed E-state index contributed by atoms with van der Waals surface area (Å²) in [6.07, 6.45) is 9.04. The molecule has 1 heterocycles. The highest BCUT2D eigenvalue weighted by atomic mass is 16.3. The maximum atomic E-state index is 8.80. The van der Waals surface area contributed by atoms with Crippen LogP contribution in [0.1, 0.15) is 38.2 Å². The van der Waals surface area contributed by atoms with E-state index in [1.54, 1.807) is 4.68 Å². The van der Waals surface area contributed by atoms with Crippen LogP contribution < -0.4 is 5.32 Å². The van der Waals surface area contributed by atoms with Crippen LogP contribution in [0.3, 0.4) is 0 Å². The molecule has 16 heavy (non-hydrogen) atoms. The molecule has 4 nitrogen and oxygen atoms in total. The third-order valence-electron chi connectivity index (χ3n) is 3.67. The molecular weight excluding hydrogens is 202 g/mol. The Bertz CT molecular complexity index is 325. The Morgan fingerprint density at radius 1 is 1.56 bits per heavy atom. The summed E-state index contributed by atoms with van der Waals surface area (Å²) in [4.78, 5) is 0. The van der Waals surface area contributed by atoms with Crippen molar-refractivity contribution in [1.82, 2.24) is 15.1 Å². The molecule has 1 aliphatic carbocycles. The van der Waals surface area contributed by atoms with Gasteiger partial charge < -0.3 is 10.4 Å². The third kappa shape index (κ3) is 2.44. The lowest BCUT2D eigenvalue weighted by Gasteiger charge is -2.42. The van der Waals surface area contributed by atoms with Crippen molar-refractivity contribution in [3.63, 3.8) is 0 Å². The van der Waals surface area contributed by atoms with Gasteiger partial charge in [0, 0.05) is 23.8 Å². The maximum Gasteiger partial charge on any atom is 0.0640 e. The highest BCUT2D eigenvalue weighted by Crippen LogP contribution is 2.34. The molecule has 1 aromatic rings. The molecule has 2 rings (SSSR count). The Kier molecular flexibility index (Phi) is 3.61. The minimum Gasteiger partial charge on any atom is -0.394 e. The van der Waals surface area contributed by atoms with Gasteiger partial charge in [-0.1, -0.05) is 6.92 Å². The number of aliphatic hydroxyl groups excluding tert-OH is 1. The zero-order valence-electron chi connectivity index (χ0n) is 9.95. The SMILES string of the molecule is CCC1(NCc2cnn(CCO)c2)CCC1. The second-order valence-corrected chi connectivity index (χ2v) is 4.68. The van der Waals surface area contributed by atoms with Crippen molar-refractivity contribution < 1.29 is 5.11 Å². The van der Waals surface area contributed by atoms with Crippen LogP contribution in [-0.2, 0) is 13.1 Å². The van der Waals surface area contributed by atoms with Crippen molar-refractivity contribution in [2.45, 2.75) is 51.2 Å². The Balaban J connectivity index is 1.84. The standard InChI is InChI=1S/C12H21N3O/c1-2-12(4-3-5-12)13-8-11-9-14-15(10-11)6-7-16/h9-10,13,16H,2-8H2,1H3. The fraction of sp³-hybridized carbons (Fsp3) is 0.750. The lowest BCUT2D eigenvalue weighted by Crippen LogP contribution is -2.49. The summed E-state index contributed by atoms with van der Waals surface area (Å²) in [7, 11) is 0. The van der Waals surface area contributed by atoms with Crippen LogP contribution in [0.2, 0.25) is 0 Å². The number of hydrogen-bond donors (Lipinski definition) is 2. The van der Waals surface area contributed by atoms with E-state index in [4.69, 9.17) is 5.11 Å². The van der Waals surface area contributed by atoms with Crippen molar-refractivity contribution in [2.75, 3.05) is 6.61 Å². The molecule has 0 amide bonds. The molecule has 0 aromatic carbocycles. The van der Waals surface area contributed by atoms with Gasteiger partial charge in [-0.15, -0.1) is 0 Å². The first-order chi connectivity index (χ1) is 7.78. The zero-order chi connectivity index (χ0) is 11.4. The molecule has 0 spiro atoms. The molecule has 4 heteroatoms. The van der Waals surface area contributed by atoms with Crippen LogP contribution >= 0.6 is 0 Å². The fourth-order valence-electron chi connectivity index (χ4n) is 2.27. The fourth-order valence-corrected chi connectivity index (χ4v) is 2.27. The highest BCUT2D eigenvalue weighted by Gasteiger charge is 2.34. The van der Waals surface area contributed by atoms with Crippen LogP contribution in [0.15, 0.2) is 12.4 Å². The summed E-state index contributed by atoms with van der Waals surface area (Å²) in [5.74, 6) is 0. The molecule has 0 aliphatic heterocycles. The van der Waals surface area contributed by atoms with E-state index in [0.29, 0.717) is 12.1 Å². The summed E-state index contributed by atoms with van der Waals surface area (Å²) in [6.45, 7) is 3.87. The number of hydrogen-bond acceptors (Lipinski definition) is 3. The van der Waals surface area contributed by atoms with E-state index in [0.717, 1.165) is 6.54 Å². The summed E-state index contributed by atoms with van der Waals surface area (Å²) in [5, 5.41) is 16.6. The minimum absolute atomic E-state index is 0.146. The van der Waals surface area contributed by atoms with Crippen molar-refractivity contribution in [2.24, 2.45) is 0 Å². The van der Waals surface area contributed by atoms with Gasteiger partial charge in [-0.2, -0.15) is 5.10 Å². The molecule has 0 atom stereocenters. The van der Waals surface area contributed by atoms with E-state index in [-0.39, 0.29) is 6.61 Å². The predicted molar refractivity (Wildman–Crippen MR) is 63.0 cm³/mol. The second-order valence-electron chi connectivity index (χ2n) is 4.68. The van der Waals surface area contributed by atoms with E-state index >= 15 is 0 Å². The number of nitrogens with zero attached hydrogens (tertiary/aromatic N) is 2. The number of nitrogens with one attached hydrogen (secondary N) is 1. The second kappa shape index (κ2) is 4.97. The maximum absolute atomic E-state index is 8.80. The summed E-state index contributed by atoms with van der Waals surface area (Å²) in [5.41, 5.74) is 1.59. The Morgan fingerprint density at radius 3 is 2.94 bits per heavy atom. The van der Waals surface area contributed by atoms with Crippen molar-refractivity contribution >= 4 is 0 Å². The number of rotatable bonds is 6. The molecule has 90 valence electrons. The van der Waals surface area contributed by atoms with Crippen molar-refractivity contribution in [3.05, 3.63) is 18.0 Å². The van der Waals surface area contributed by atoms with E-state index in [1.807, 2.05) is 12.4 Å². The van der Waals surface area contributed by atoms with E-state index in [9.17, 15) is 0 Å². The topological polar surface area (TPSA) is 50.1 Å². The smallest absolute Gasteiger partial charge is 0.0640 e. The minimum atomic E-state index is 0.146. The van der Waals surface area contributed by atoms with Gasteiger partial charge in [0.05, 0.1) is 19.3 Å². The monoisotopic (exact) mass is 223 g/mol. The van der Waals surface area contributed by atoms with E-state index in [2.05, 4.69) is 17.3 Å².